The molecule has 1 saturated heterocycles. The molecule has 2 fully saturated rings. The second kappa shape index (κ2) is 10.3. The highest BCUT2D eigenvalue weighted by Gasteiger charge is 2.36. The molecule has 0 N–H and O–H groups in total. The summed E-state index contributed by atoms with van der Waals surface area (Å²) in [4.78, 5) is 27.2. The van der Waals surface area contributed by atoms with Gasteiger partial charge in [-0.15, -0.1) is 0 Å². The smallest absolute Gasteiger partial charge is 0.293 e. The first kappa shape index (κ1) is 22.0. The fraction of sp³-hybridized carbons (Fsp3) is 0.455. The number of rotatable bonds is 8. The lowest BCUT2D eigenvalue weighted by Crippen LogP contribution is -2.34. The van der Waals surface area contributed by atoms with E-state index in [1.807, 2.05) is 19.1 Å². The zero-order chi connectivity index (χ0) is 20.8. The van der Waals surface area contributed by atoms with Gasteiger partial charge in [-0.3, -0.25) is 14.5 Å². The number of amides is 2. The fourth-order valence-electron chi connectivity index (χ4n) is 3.62. The first-order chi connectivity index (χ1) is 14.0. The third kappa shape index (κ3) is 5.45. The van der Waals surface area contributed by atoms with Crippen LogP contribution in [0.3, 0.4) is 0 Å². The van der Waals surface area contributed by atoms with Crippen molar-refractivity contribution in [2.45, 2.75) is 39.0 Å². The van der Waals surface area contributed by atoms with Crippen LogP contribution in [0.25, 0.3) is 6.08 Å². The number of thioether (sulfide) groups is 1. The number of hydrogen-bond donors (Lipinski definition) is 0. The number of ether oxygens (including phenoxy) is 2. The van der Waals surface area contributed by atoms with E-state index in [2.05, 4.69) is 22.5 Å². The average molecular weight is 480 g/mol. The molecule has 7 heteroatoms. The zero-order valence-electron chi connectivity index (χ0n) is 16.6. The second-order valence-electron chi connectivity index (χ2n) is 7.15. The average Bonchev–Trinajstić information content (AvgIpc) is 2.97. The topological polar surface area (TPSA) is 55.8 Å². The predicted molar refractivity (Wildman–Crippen MR) is 120 cm³/mol. The Bertz CT molecular complexity index is 817. The molecule has 1 saturated carbocycles. The molecule has 1 aromatic carbocycles. The minimum Gasteiger partial charge on any atom is -0.490 e. The largest absolute Gasteiger partial charge is 0.490 e. The van der Waals surface area contributed by atoms with Gasteiger partial charge < -0.3 is 9.47 Å². The molecule has 156 valence electrons. The van der Waals surface area contributed by atoms with Crippen molar-refractivity contribution in [2.75, 3.05) is 19.8 Å². The summed E-state index contributed by atoms with van der Waals surface area (Å²) in [6, 6.07) is 3.63. The van der Waals surface area contributed by atoms with E-state index in [9.17, 15) is 9.59 Å². The molecule has 0 radical (unpaired) electrons. The van der Waals surface area contributed by atoms with Gasteiger partial charge in [0.15, 0.2) is 11.5 Å². The normalized spacial score (nSPS) is 19.1. The van der Waals surface area contributed by atoms with E-state index in [4.69, 9.17) is 9.47 Å². The summed E-state index contributed by atoms with van der Waals surface area (Å²) in [7, 11) is 0. The molecule has 29 heavy (non-hydrogen) atoms. The van der Waals surface area contributed by atoms with Crippen LogP contribution < -0.4 is 9.47 Å². The van der Waals surface area contributed by atoms with Gasteiger partial charge in [0.25, 0.3) is 11.1 Å². The van der Waals surface area contributed by atoms with Crippen molar-refractivity contribution in [3.63, 3.8) is 0 Å². The Labute approximate surface area is 184 Å². The van der Waals surface area contributed by atoms with Gasteiger partial charge in [0.05, 0.1) is 11.5 Å². The summed E-state index contributed by atoms with van der Waals surface area (Å²) in [5.41, 5.74) is 0.766. The summed E-state index contributed by atoms with van der Waals surface area (Å²) >= 11 is 4.54. The van der Waals surface area contributed by atoms with E-state index in [0.29, 0.717) is 42.1 Å². The lowest BCUT2D eigenvalue weighted by atomic mass is 9.89. The number of hydrogen-bond acceptors (Lipinski definition) is 5. The molecule has 0 unspecified atom stereocenters. The molecule has 0 bridgehead atoms. The Morgan fingerprint density at radius 1 is 1.21 bits per heavy atom. The van der Waals surface area contributed by atoms with E-state index in [1.165, 1.54) is 24.2 Å². The summed E-state index contributed by atoms with van der Waals surface area (Å²) < 4.78 is 12.1. The summed E-state index contributed by atoms with van der Waals surface area (Å²) in [5.74, 6) is 1.41. The number of imide groups is 1. The van der Waals surface area contributed by atoms with Gasteiger partial charge in [0.1, 0.15) is 6.61 Å². The Morgan fingerprint density at radius 2 is 1.93 bits per heavy atom. The van der Waals surface area contributed by atoms with Gasteiger partial charge in [0, 0.05) is 11.0 Å². The maximum atomic E-state index is 12.9. The Kier molecular flexibility index (Phi) is 7.84. The first-order valence-corrected chi connectivity index (χ1v) is 11.6. The number of halogens is 1. The first-order valence-electron chi connectivity index (χ1n) is 9.98. The van der Waals surface area contributed by atoms with Crippen LogP contribution >= 0.6 is 27.7 Å². The van der Waals surface area contributed by atoms with Gasteiger partial charge in [-0.1, -0.05) is 47.8 Å². The highest BCUT2D eigenvalue weighted by atomic mass is 79.9. The van der Waals surface area contributed by atoms with Crippen LogP contribution in [0.15, 0.2) is 34.2 Å². The Balaban J connectivity index is 1.81. The van der Waals surface area contributed by atoms with E-state index in [-0.39, 0.29) is 11.1 Å². The highest BCUT2D eigenvalue weighted by Crippen LogP contribution is 2.39. The van der Waals surface area contributed by atoms with Gasteiger partial charge in [-0.05, 0) is 61.2 Å². The minimum atomic E-state index is -0.206. The number of benzene rings is 1. The van der Waals surface area contributed by atoms with Gasteiger partial charge in [0.2, 0.25) is 0 Å². The third-order valence-corrected chi connectivity index (χ3v) is 6.64. The molecule has 2 amide bonds. The maximum Gasteiger partial charge on any atom is 0.293 e. The summed E-state index contributed by atoms with van der Waals surface area (Å²) in [5, 5.41) is -0.182. The van der Waals surface area contributed by atoms with Gasteiger partial charge in [-0.25, -0.2) is 0 Å². The summed E-state index contributed by atoms with van der Waals surface area (Å²) in [6.07, 6.45) is 9.22. The quantitative estimate of drug-likeness (QED) is 0.336. The van der Waals surface area contributed by atoms with Crippen molar-refractivity contribution in [2.24, 2.45) is 5.92 Å². The Hall–Kier alpha value is -1.73. The molecular weight excluding hydrogens is 454 g/mol. The van der Waals surface area contributed by atoms with Gasteiger partial charge in [-0.2, -0.15) is 0 Å². The van der Waals surface area contributed by atoms with Crippen molar-refractivity contribution >= 4 is 44.9 Å². The van der Waals surface area contributed by atoms with Crippen LogP contribution in [0, 0.1) is 5.92 Å². The van der Waals surface area contributed by atoms with Crippen LogP contribution in [-0.2, 0) is 4.79 Å². The molecule has 0 atom stereocenters. The lowest BCUT2D eigenvalue weighted by Gasteiger charge is -2.25. The number of carbonyl (C=O) groups excluding carboxylic acids is 2. The maximum absolute atomic E-state index is 12.9. The second-order valence-corrected chi connectivity index (χ2v) is 9.00. The molecule has 5 nitrogen and oxygen atoms in total. The number of nitrogens with zero attached hydrogens (tertiary/aromatic N) is 1. The van der Waals surface area contributed by atoms with Crippen LogP contribution in [0.1, 0.15) is 44.6 Å². The molecule has 1 aromatic rings. The number of carbonyl (C=O) groups is 2. The zero-order valence-corrected chi connectivity index (χ0v) is 19.0. The highest BCUT2D eigenvalue weighted by molar-refractivity contribution is 9.10. The summed E-state index contributed by atoms with van der Waals surface area (Å²) in [6.45, 7) is 6.94. The van der Waals surface area contributed by atoms with E-state index in [1.54, 1.807) is 12.2 Å². The standard InChI is InChI=1S/C22H26BrNO4S/c1-3-10-28-19-13-17(23)16(11-18(19)27-4-2)12-20-21(25)24(22(26)29-20)14-15-8-6-5-7-9-15/h3,11-13,15H,1,4-10,14H2,2H3/b20-12+. The molecule has 0 spiro atoms. The van der Waals surface area contributed by atoms with Crippen LogP contribution in [0.5, 0.6) is 11.5 Å². The molecule has 1 aliphatic heterocycles. The van der Waals surface area contributed by atoms with E-state index in [0.717, 1.165) is 34.6 Å². The van der Waals surface area contributed by atoms with Crippen LogP contribution in [-0.4, -0.2) is 35.8 Å². The van der Waals surface area contributed by atoms with Gasteiger partial charge >= 0.3 is 0 Å². The molecular formula is C22H26BrNO4S. The lowest BCUT2D eigenvalue weighted by molar-refractivity contribution is -0.123. The molecule has 1 heterocycles. The Morgan fingerprint density at radius 3 is 2.62 bits per heavy atom. The van der Waals surface area contributed by atoms with Crippen molar-refractivity contribution in [1.82, 2.24) is 4.90 Å². The predicted octanol–water partition coefficient (Wildman–Crippen LogP) is 6.03. The van der Waals surface area contributed by atoms with E-state index < -0.39 is 0 Å². The molecule has 3 rings (SSSR count). The minimum absolute atomic E-state index is 0.182. The monoisotopic (exact) mass is 479 g/mol. The van der Waals surface area contributed by atoms with Crippen LogP contribution in [0.4, 0.5) is 4.79 Å². The molecule has 2 aliphatic rings. The van der Waals surface area contributed by atoms with E-state index >= 15 is 0 Å². The molecule has 0 aromatic heterocycles. The van der Waals surface area contributed by atoms with Crippen molar-refractivity contribution < 1.29 is 19.1 Å². The molecule has 1 aliphatic carbocycles. The fourth-order valence-corrected chi connectivity index (χ4v) is 4.89. The van der Waals surface area contributed by atoms with Crippen molar-refractivity contribution in [3.05, 3.63) is 39.7 Å². The van der Waals surface area contributed by atoms with Crippen molar-refractivity contribution in [1.29, 1.82) is 0 Å². The SMILES string of the molecule is C=CCOc1cc(Br)c(/C=C2/SC(=O)N(CC3CCCCC3)C2=O)cc1OCC. The van der Waals surface area contributed by atoms with Crippen molar-refractivity contribution in [3.8, 4) is 11.5 Å². The third-order valence-electron chi connectivity index (χ3n) is 5.05. The van der Waals surface area contributed by atoms with Crippen LogP contribution in [0.2, 0.25) is 0 Å².